The molecule has 7 rings (SSSR count). The van der Waals surface area contributed by atoms with Crippen molar-refractivity contribution in [1.29, 1.82) is 0 Å². The number of aromatic nitrogens is 2. The van der Waals surface area contributed by atoms with Crippen molar-refractivity contribution in [3.63, 3.8) is 0 Å². The first kappa shape index (κ1) is 20.0. The summed E-state index contributed by atoms with van der Waals surface area (Å²) in [5, 5.41) is 4.72. The molecule has 4 aromatic carbocycles. The SMILES string of the molecule is CC(C)c1ccnc(-c2cccc3c2oc2cc4c(cc23)c2ccccc2n4-c2ccccc2)c1. The van der Waals surface area contributed by atoms with Crippen LogP contribution in [0.3, 0.4) is 0 Å². The number of rotatable bonds is 3. The number of pyridine rings is 1. The Morgan fingerprint density at radius 1 is 0.686 bits per heavy atom. The lowest BCUT2D eigenvalue weighted by Crippen LogP contribution is -1.92. The van der Waals surface area contributed by atoms with E-state index in [4.69, 9.17) is 4.42 Å². The normalized spacial score (nSPS) is 12.0. The van der Waals surface area contributed by atoms with Crippen LogP contribution in [-0.4, -0.2) is 9.55 Å². The van der Waals surface area contributed by atoms with Crippen molar-refractivity contribution in [3.8, 4) is 16.9 Å². The van der Waals surface area contributed by atoms with Gasteiger partial charge in [-0.2, -0.15) is 0 Å². The maximum absolute atomic E-state index is 6.58. The molecule has 0 amide bonds. The third-order valence-corrected chi connectivity index (χ3v) is 7.03. The minimum Gasteiger partial charge on any atom is -0.455 e. The largest absolute Gasteiger partial charge is 0.455 e. The van der Waals surface area contributed by atoms with Crippen molar-refractivity contribution in [2.45, 2.75) is 19.8 Å². The van der Waals surface area contributed by atoms with Crippen LogP contribution in [0.4, 0.5) is 0 Å². The molecule has 0 atom stereocenters. The third-order valence-electron chi connectivity index (χ3n) is 7.03. The van der Waals surface area contributed by atoms with Crippen LogP contribution in [0.25, 0.3) is 60.7 Å². The molecule has 0 spiro atoms. The molecule has 7 aromatic rings. The number of furan rings is 1. The molecule has 0 aliphatic heterocycles. The molecule has 0 unspecified atom stereocenters. The zero-order chi connectivity index (χ0) is 23.5. The predicted octanol–water partition coefficient (Wildman–Crippen LogP) is 8.87. The minimum atomic E-state index is 0.443. The van der Waals surface area contributed by atoms with Gasteiger partial charge in [0, 0.05) is 45.1 Å². The van der Waals surface area contributed by atoms with Crippen LogP contribution in [0.15, 0.2) is 108 Å². The van der Waals surface area contributed by atoms with Gasteiger partial charge in [0.1, 0.15) is 11.2 Å². The van der Waals surface area contributed by atoms with Crippen LogP contribution in [-0.2, 0) is 0 Å². The maximum Gasteiger partial charge on any atom is 0.144 e. The summed E-state index contributed by atoms with van der Waals surface area (Å²) in [4.78, 5) is 4.69. The molecule has 3 heteroatoms. The fourth-order valence-corrected chi connectivity index (χ4v) is 5.27. The van der Waals surface area contributed by atoms with Gasteiger partial charge in [-0.25, -0.2) is 0 Å². The van der Waals surface area contributed by atoms with E-state index in [-0.39, 0.29) is 0 Å². The molecule has 3 aromatic heterocycles. The number of hydrogen-bond acceptors (Lipinski definition) is 2. The Morgan fingerprint density at radius 2 is 1.49 bits per heavy atom. The van der Waals surface area contributed by atoms with Gasteiger partial charge in [-0.3, -0.25) is 4.98 Å². The minimum absolute atomic E-state index is 0.443. The molecule has 0 saturated carbocycles. The highest BCUT2D eigenvalue weighted by Crippen LogP contribution is 2.40. The van der Waals surface area contributed by atoms with Gasteiger partial charge >= 0.3 is 0 Å². The highest BCUT2D eigenvalue weighted by molar-refractivity contribution is 6.18. The first-order valence-electron chi connectivity index (χ1n) is 12.1. The molecule has 0 N–H and O–H groups in total. The molecule has 168 valence electrons. The summed E-state index contributed by atoms with van der Waals surface area (Å²) in [6.07, 6.45) is 1.90. The highest BCUT2D eigenvalue weighted by Gasteiger charge is 2.18. The fraction of sp³-hybridized carbons (Fsp3) is 0.0938. The van der Waals surface area contributed by atoms with Gasteiger partial charge in [0.15, 0.2) is 0 Å². The van der Waals surface area contributed by atoms with Crippen molar-refractivity contribution in [1.82, 2.24) is 9.55 Å². The zero-order valence-electron chi connectivity index (χ0n) is 19.7. The first-order valence-corrected chi connectivity index (χ1v) is 12.1. The van der Waals surface area contributed by atoms with E-state index < -0.39 is 0 Å². The van der Waals surface area contributed by atoms with Crippen molar-refractivity contribution in [2.75, 3.05) is 0 Å². The number of benzene rings is 4. The first-order chi connectivity index (χ1) is 17.2. The smallest absolute Gasteiger partial charge is 0.144 e. The number of hydrogen-bond donors (Lipinski definition) is 0. The van der Waals surface area contributed by atoms with E-state index in [0.29, 0.717) is 5.92 Å². The lowest BCUT2D eigenvalue weighted by atomic mass is 10.0. The number of fused-ring (bicyclic) bond motifs is 6. The lowest BCUT2D eigenvalue weighted by Gasteiger charge is -2.07. The molecule has 0 aliphatic carbocycles. The summed E-state index contributed by atoms with van der Waals surface area (Å²) in [7, 11) is 0. The van der Waals surface area contributed by atoms with E-state index in [1.807, 2.05) is 6.20 Å². The summed E-state index contributed by atoms with van der Waals surface area (Å²) in [5.41, 5.74) is 8.51. The number of para-hydroxylation sites is 3. The van der Waals surface area contributed by atoms with Crippen LogP contribution in [0.1, 0.15) is 25.3 Å². The van der Waals surface area contributed by atoms with Crippen molar-refractivity contribution < 1.29 is 4.42 Å². The summed E-state index contributed by atoms with van der Waals surface area (Å²) in [6, 6.07) is 34.3. The molecule has 0 radical (unpaired) electrons. The molecule has 0 saturated heterocycles. The van der Waals surface area contributed by atoms with Crippen LogP contribution >= 0.6 is 0 Å². The molecule has 0 aliphatic rings. The maximum atomic E-state index is 6.58. The van der Waals surface area contributed by atoms with Crippen LogP contribution in [0.2, 0.25) is 0 Å². The lowest BCUT2D eigenvalue weighted by molar-refractivity contribution is 0.670. The second-order valence-electron chi connectivity index (χ2n) is 9.47. The van der Waals surface area contributed by atoms with Gasteiger partial charge in [0.25, 0.3) is 0 Å². The van der Waals surface area contributed by atoms with E-state index in [2.05, 4.69) is 120 Å². The quantitative estimate of drug-likeness (QED) is 0.268. The van der Waals surface area contributed by atoms with Gasteiger partial charge in [-0.1, -0.05) is 62.4 Å². The second-order valence-corrected chi connectivity index (χ2v) is 9.47. The van der Waals surface area contributed by atoms with E-state index >= 15 is 0 Å². The Kier molecular flexibility index (Phi) is 4.34. The van der Waals surface area contributed by atoms with E-state index in [9.17, 15) is 0 Å². The summed E-state index contributed by atoms with van der Waals surface area (Å²) in [6.45, 7) is 4.41. The number of nitrogens with zero attached hydrogens (tertiary/aromatic N) is 2. The average Bonchev–Trinajstić information content (AvgIpc) is 3.43. The van der Waals surface area contributed by atoms with Crippen molar-refractivity contribution in [2.24, 2.45) is 0 Å². The average molecular weight is 453 g/mol. The van der Waals surface area contributed by atoms with Gasteiger partial charge in [-0.15, -0.1) is 0 Å². The molecule has 0 bridgehead atoms. The van der Waals surface area contributed by atoms with Crippen LogP contribution < -0.4 is 0 Å². The Bertz CT molecular complexity index is 1870. The van der Waals surface area contributed by atoms with Crippen LogP contribution in [0.5, 0.6) is 0 Å². The predicted molar refractivity (Wildman–Crippen MR) is 145 cm³/mol. The standard InChI is InChI=1S/C32H24N2O/c1-20(2)21-15-16-33-28(17-21)25-13-8-12-24-27-18-26-23-11-6-7-14-29(23)34(22-9-4-3-5-10-22)30(26)19-31(27)35-32(24)25/h3-20H,1-2H3. The third kappa shape index (κ3) is 3.01. The van der Waals surface area contributed by atoms with E-state index in [1.54, 1.807) is 0 Å². The molecular weight excluding hydrogens is 428 g/mol. The summed E-state index contributed by atoms with van der Waals surface area (Å²) < 4.78 is 8.91. The summed E-state index contributed by atoms with van der Waals surface area (Å²) >= 11 is 0. The second kappa shape index (κ2) is 7.57. The van der Waals surface area contributed by atoms with Crippen molar-refractivity contribution >= 4 is 43.7 Å². The molecule has 3 nitrogen and oxygen atoms in total. The Morgan fingerprint density at radius 3 is 2.34 bits per heavy atom. The van der Waals surface area contributed by atoms with Gasteiger partial charge < -0.3 is 8.98 Å². The fourth-order valence-electron chi connectivity index (χ4n) is 5.27. The monoisotopic (exact) mass is 452 g/mol. The topological polar surface area (TPSA) is 31.0 Å². The van der Waals surface area contributed by atoms with Crippen LogP contribution in [0, 0.1) is 0 Å². The van der Waals surface area contributed by atoms with E-state index in [1.165, 1.54) is 21.9 Å². The Hall–Kier alpha value is -4.37. The van der Waals surface area contributed by atoms with Gasteiger partial charge in [-0.05, 0) is 53.9 Å². The molecular formula is C32H24N2O. The zero-order valence-corrected chi connectivity index (χ0v) is 19.7. The van der Waals surface area contributed by atoms with Gasteiger partial charge in [0.2, 0.25) is 0 Å². The summed E-state index contributed by atoms with van der Waals surface area (Å²) in [5.74, 6) is 0.443. The Balaban J connectivity index is 1.55. The van der Waals surface area contributed by atoms with E-state index in [0.717, 1.165) is 44.4 Å². The Labute approximate surface area is 203 Å². The molecule has 3 heterocycles. The highest BCUT2D eigenvalue weighted by atomic mass is 16.3. The molecule has 0 fully saturated rings. The van der Waals surface area contributed by atoms with Gasteiger partial charge in [0.05, 0.1) is 16.7 Å². The van der Waals surface area contributed by atoms with Crippen molar-refractivity contribution in [3.05, 3.63) is 109 Å². The molecule has 35 heavy (non-hydrogen) atoms.